The topological polar surface area (TPSA) is 0 Å². The van der Waals surface area contributed by atoms with Gasteiger partial charge in [0.15, 0.2) is 0 Å². The molecule has 100 valence electrons. The first kappa shape index (κ1) is 14.6. The number of hydrogen-bond donors (Lipinski definition) is 0. The number of aryl methyl sites for hydroxylation is 2. The Morgan fingerprint density at radius 3 is 1.47 bits per heavy atom. The van der Waals surface area contributed by atoms with E-state index >= 15 is 0 Å². The normalized spacial score (nSPS) is 11.6. The summed E-state index contributed by atoms with van der Waals surface area (Å²) >= 11 is 13.7. The molecule has 0 saturated carbocycles. The lowest BCUT2D eigenvalue weighted by Crippen LogP contribution is -2.51. The zero-order valence-corrected chi connectivity index (χ0v) is 13.8. The summed E-state index contributed by atoms with van der Waals surface area (Å²) in [6.07, 6.45) is 1.91. The van der Waals surface area contributed by atoms with Crippen molar-refractivity contribution in [3.63, 3.8) is 0 Å². The van der Waals surface area contributed by atoms with Crippen LogP contribution in [0.25, 0.3) is 0 Å². The highest BCUT2D eigenvalue weighted by molar-refractivity contribution is 7.56. The average Bonchev–Trinajstić information content (AvgIpc) is 2.47. The van der Waals surface area contributed by atoms with Crippen molar-refractivity contribution in [1.82, 2.24) is 0 Å². The van der Waals surface area contributed by atoms with E-state index in [0.29, 0.717) is 0 Å². The maximum atomic E-state index is 6.86. The highest BCUT2D eigenvalue weighted by Crippen LogP contribution is 2.20. The zero-order valence-electron chi connectivity index (χ0n) is 11.3. The van der Waals surface area contributed by atoms with E-state index in [2.05, 4.69) is 38.1 Å². The van der Waals surface area contributed by atoms with E-state index < -0.39 is 6.69 Å². The van der Waals surface area contributed by atoms with Crippen LogP contribution in [-0.2, 0) is 12.8 Å². The standard InChI is InChI=1S/C16H18Cl2Si/c1-3-13-9-5-7-11-15(13)19(17,18)16-12-8-6-10-14(16)4-2/h5-12H,3-4H2,1-2H3. The van der Waals surface area contributed by atoms with Gasteiger partial charge < -0.3 is 0 Å². The highest BCUT2D eigenvalue weighted by atomic mass is 35.7. The van der Waals surface area contributed by atoms with Gasteiger partial charge >= 0.3 is 6.69 Å². The van der Waals surface area contributed by atoms with Crippen LogP contribution in [0.3, 0.4) is 0 Å². The second-order valence-corrected chi connectivity index (χ2v) is 10.8. The molecule has 0 heterocycles. The van der Waals surface area contributed by atoms with Crippen LogP contribution in [-0.4, -0.2) is 6.69 Å². The van der Waals surface area contributed by atoms with E-state index in [-0.39, 0.29) is 0 Å². The Balaban J connectivity index is 2.58. The second-order valence-electron chi connectivity index (χ2n) is 4.60. The van der Waals surface area contributed by atoms with Crippen molar-refractivity contribution in [2.75, 3.05) is 0 Å². The van der Waals surface area contributed by atoms with Crippen LogP contribution in [0.15, 0.2) is 48.5 Å². The summed E-state index contributed by atoms with van der Waals surface area (Å²) in [7, 11) is 0. The first-order valence-corrected chi connectivity index (χ1v) is 10.7. The van der Waals surface area contributed by atoms with Crippen LogP contribution in [0.5, 0.6) is 0 Å². The Bertz CT molecular complexity index is 515. The third kappa shape index (κ3) is 2.89. The van der Waals surface area contributed by atoms with E-state index in [9.17, 15) is 0 Å². The van der Waals surface area contributed by atoms with Gasteiger partial charge in [-0.15, -0.1) is 22.2 Å². The Morgan fingerprint density at radius 1 is 0.737 bits per heavy atom. The number of halogens is 2. The van der Waals surface area contributed by atoms with Gasteiger partial charge in [-0.25, -0.2) is 0 Å². The van der Waals surface area contributed by atoms with E-state index in [1.165, 1.54) is 11.1 Å². The third-order valence-electron chi connectivity index (χ3n) is 3.47. The minimum absolute atomic E-state index is 0.957. The van der Waals surface area contributed by atoms with Gasteiger partial charge in [0.25, 0.3) is 0 Å². The van der Waals surface area contributed by atoms with E-state index in [4.69, 9.17) is 22.2 Å². The summed E-state index contributed by atoms with van der Waals surface area (Å²) in [4.78, 5) is 0. The average molecular weight is 309 g/mol. The van der Waals surface area contributed by atoms with Gasteiger partial charge in [-0.05, 0) is 34.3 Å². The summed E-state index contributed by atoms with van der Waals surface area (Å²) < 4.78 is 0. The molecule has 0 aliphatic heterocycles. The summed E-state index contributed by atoms with van der Waals surface area (Å²) in [5.74, 6) is 0. The Kier molecular flexibility index (Phi) is 4.72. The molecule has 0 aliphatic carbocycles. The Hall–Kier alpha value is -0.763. The Morgan fingerprint density at radius 2 is 1.11 bits per heavy atom. The number of benzene rings is 2. The van der Waals surface area contributed by atoms with Gasteiger partial charge in [0, 0.05) is 0 Å². The van der Waals surface area contributed by atoms with Gasteiger partial charge in [-0.2, -0.15) is 0 Å². The lowest BCUT2D eigenvalue weighted by atomic mass is 10.2. The molecule has 0 aliphatic rings. The largest absolute Gasteiger partial charge is 0.311 e. The highest BCUT2D eigenvalue weighted by Gasteiger charge is 2.36. The SMILES string of the molecule is CCc1ccccc1[Si](Cl)(Cl)c1ccccc1CC. The molecule has 0 bridgehead atoms. The van der Waals surface area contributed by atoms with Crippen molar-refractivity contribution in [3.05, 3.63) is 59.7 Å². The monoisotopic (exact) mass is 308 g/mol. The minimum Gasteiger partial charge on any atom is -0.134 e. The fourth-order valence-corrected chi connectivity index (χ4v) is 6.86. The minimum atomic E-state index is -2.64. The molecule has 0 aromatic heterocycles. The Labute approximate surface area is 125 Å². The predicted molar refractivity (Wildman–Crippen MR) is 88.4 cm³/mol. The second kappa shape index (κ2) is 6.13. The lowest BCUT2D eigenvalue weighted by molar-refractivity contribution is 1.15. The molecule has 2 aromatic carbocycles. The maximum absolute atomic E-state index is 6.86. The molecular formula is C16H18Cl2Si. The molecule has 0 N–H and O–H groups in total. The fraction of sp³-hybridized carbons (Fsp3) is 0.250. The third-order valence-corrected chi connectivity index (χ3v) is 8.24. The van der Waals surface area contributed by atoms with E-state index in [0.717, 1.165) is 23.2 Å². The van der Waals surface area contributed by atoms with Gasteiger partial charge in [0.2, 0.25) is 0 Å². The van der Waals surface area contributed by atoms with Gasteiger partial charge in [-0.3, -0.25) is 0 Å². The van der Waals surface area contributed by atoms with Crippen molar-refractivity contribution in [1.29, 1.82) is 0 Å². The van der Waals surface area contributed by atoms with E-state index in [1.807, 2.05) is 24.3 Å². The molecule has 0 atom stereocenters. The molecule has 0 spiro atoms. The van der Waals surface area contributed by atoms with Gasteiger partial charge in [0.05, 0.1) is 0 Å². The predicted octanol–water partition coefficient (Wildman–Crippen LogP) is 3.85. The first-order valence-electron chi connectivity index (χ1n) is 6.65. The summed E-state index contributed by atoms with van der Waals surface area (Å²) in [6, 6.07) is 16.5. The molecule has 2 aromatic rings. The van der Waals surface area contributed by atoms with Gasteiger partial charge in [0.1, 0.15) is 0 Å². The number of rotatable bonds is 4. The van der Waals surface area contributed by atoms with Crippen molar-refractivity contribution < 1.29 is 0 Å². The molecule has 2 rings (SSSR count). The molecule has 0 amide bonds. The van der Waals surface area contributed by atoms with Gasteiger partial charge in [-0.1, -0.05) is 62.4 Å². The van der Waals surface area contributed by atoms with E-state index in [1.54, 1.807) is 0 Å². The van der Waals surface area contributed by atoms with Crippen LogP contribution in [0, 0.1) is 0 Å². The summed E-state index contributed by atoms with van der Waals surface area (Å²) in [5.41, 5.74) is 2.51. The smallest absolute Gasteiger partial charge is 0.134 e. The molecule has 0 saturated heterocycles. The lowest BCUT2D eigenvalue weighted by Gasteiger charge is -2.23. The molecule has 0 fully saturated rings. The van der Waals surface area contributed by atoms with Crippen LogP contribution in [0.2, 0.25) is 0 Å². The molecule has 0 unspecified atom stereocenters. The molecule has 0 radical (unpaired) electrons. The van der Waals surface area contributed by atoms with Crippen LogP contribution >= 0.6 is 22.2 Å². The zero-order chi connectivity index (χ0) is 13.9. The first-order chi connectivity index (χ1) is 9.11. The van der Waals surface area contributed by atoms with Crippen LogP contribution in [0.4, 0.5) is 0 Å². The summed E-state index contributed by atoms with van der Waals surface area (Å²) in [5, 5.41) is 2.25. The van der Waals surface area contributed by atoms with Crippen molar-refractivity contribution >= 4 is 39.2 Å². The maximum Gasteiger partial charge on any atom is 0.311 e. The van der Waals surface area contributed by atoms with Crippen molar-refractivity contribution in [2.24, 2.45) is 0 Å². The molecular weight excluding hydrogens is 291 g/mol. The van der Waals surface area contributed by atoms with Crippen LogP contribution in [0.1, 0.15) is 25.0 Å². The van der Waals surface area contributed by atoms with Crippen molar-refractivity contribution in [2.45, 2.75) is 26.7 Å². The summed E-state index contributed by atoms with van der Waals surface area (Å²) in [6.45, 7) is 1.64. The fourth-order valence-electron chi connectivity index (χ4n) is 2.41. The quantitative estimate of drug-likeness (QED) is 0.594. The molecule has 19 heavy (non-hydrogen) atoms. The van der Waals surface area contributed by atoms with Crippen LogP contribution < -0.4 is 10.4 Å². The van der Waals surface area contributed by atoms with Crippen molar-refractivity contribution in [3.8, 4) is 0 Å². The molecule has 0 nitrogen and oxygen atoms in total. The number of hydrogen-bond acceptors (Lipinski definition) is 0. The molecule has 3 heteroatoms.